The van der Waals surface area contributed by atoms with E-state index in [1.54, 1.807) is 13.8 Å². The van der Waals surface area contributed by atoms with Crippen LogP contribution in [0.25, 0.3) is 0 Å². The van der Waals surface area contributed by atoms with Crippen molar-refractivity contribution in [1.29, 1.82) is 0 Å². The molecule has 18 heavy (non-hydrogen) atoms. The van der Waals surface area contributed by atoms with E-state index in [4.69, 9.17) is 9.84 Å². The largest absolute Gasteiger partial charge is 0.481 e. The van der Waals surface area contributed by atoms with Gasteiger partial charge in [-0.15, -0.1) is 0 Å². The highest BCUT2D eigenvalue weighted by Crippen LogP contribution is 2.30. The Labute approximate surface area is 110 Å². The van der Waals surface area contributed by atoms with Crippen molar-refractivity contribution in [3.63, 3.8) is 0 Å². The van der Waals surface area contributed by atoms with E-state index in [1.807, 2.05) is 32.8 Å². The maximum absolute atomic E-state index is 11.1. The second-order valence-corrected chi connectivity index (χ2v) is 6.24. The van der Waals surface area contributed by atoms with E-state index in [0.29, 0.717) is 13.0 Å². The molecule has 0 aliphatic heterocycles. The number of carboxylic acids is 1. The quantitative estimate of drug-likeness (QED) is 0.687. The van der Waals surface area contributed by atoms with Crippen molar-refractivity contribution in [2.75, 3.05) is 27.3 Å². The Kier molecular flexibility index (Phi) is 6.26. The number of aliphatic hydroxyl groups excluding tert-OH is 1. The Hall–Kier alpha value is -0.650. The molecule has 0 aliphatic carbocycles. The summed E-state index contributed by atoms with van der Waals surface area (Å²) in [5.74, 6) is -0.828. The first-order valence-corrected chi connectivity index (χ1v) is 6.16. The van der Waals surface area contributed by atoms with Crippen LogP contribution in [0, 0.1) is 5.41 Å². The van der Waals surface area contributed by atoms with Gasteiger partial charge in [-0.3, -0.25) is 4.79 Å². The summed E-state index contributed by atoms with van der Waals surface area (Å²) in [4.78, 5) is 13.0. The molecule has 0 radical (unpaired) electrons. The van der Waals surface area contributed by atoms with E-state index in [1.165, 1.54) is 0 Å². The van der Waals surface area contributed by atoms with Gasteiger partial charge in [0.1, 0.15) is 0 Å². The summed E-state index contributed by atoms with van der Waals surface area (Å²) in [7, 11) is 3.75. The first-order chi connectivity index (χ1) is 8.02. The number of rotatable bonds is 8. The summed E-state index contributed by atoms with van der Waals surface area (Å²) in [6.45, 7) is 7.53. The Morgan fingerprint density at radius 3 is 2.11 bits per heavy atom. The smallest absolute Gasteiger partial charge is 0.309 e. The minimum Gasteiger partial charge on any atom is -0.481 e. The van der Waals surface area contributed by atoms with Crippen LogP contribution in [0.5, 0.6) is 0 Å². The number of ether oxygens (including phenoxy) is 1. The van der Waals surface area contributed by atoms with Crippen molar-refractivity contribution in [2.45, 2.75) is 45.8 Å². The molecule has 0 amide bonds. The SMILES string of the molecule is CN(C)C(CO)COC(C)(C)CC(C)(C)C(=O)O. The molecule has 0 aromatic rings. The number of carbonyl (C=O) groups is 1. The molecule has 0 rings (SSSR count). The van der Waals surface area contributed by atoms with E-state index in [2.05, 4.69) is 0 Å². The van der Waals surface area contributed by atoms with Crippen LogP contribution in [0.3, 0.4) is 0 Å². The van der Waals surface area contributed by atoms with E-state index < -0.39 is 17.0 Å². The summed E-state index contributed by atoms with van der Waals surface area (Å²) in [5.41, 5.74) is -1.36. The number of aliphatic carboxylic acids is 1. The maximum Gasteiger partial charge on any atom is 0.309 e. The van der Waals surface area contributed by atoms with Crippen molar-refractivity contribution in [3.05, 3.63) is 0 Å². The zero-order chi connectivity index (χ0) is 14.6. The van der Waals surface area contributed by atoms with E-state index >= 15 is 0 Å². The molecule has 0 fully saturated rings. The summed E-state index contributed by atoms with van der Waals surface area (Å²) in [6.07, 6.45) is 0.418. The predicted molar refractivity (Wildman–Crippen MR) is 70.6 cm³/mol. The molecular formula is C13H27NO4. The Morgan fingerprint density at radius 2 is 1.78 bits per heavy atom. The number of nitrogens with zero attached hydrogens (tertiary/aromatic N) is 1. The molecule has 108 valence electrons. The third-order valence-electron chi connectivity index (χ3n) is 3.05. The lowest BCUT2D eigenvalue weighted by molar-refractivity contribution is -0.152. The number of carboxylic acid groups (broad SMARTS) is 1. The number of hydrogen-bond acceptors (Lipinski definition) is 4. The number of hydrogen-bond donors (Lipinski definition) is 2. The molecule has 0 aromatic carbocycles. The summed E-state index contributed by atoms with van der Waals surface area (Å²) >= 11 is 0. The van der Waals surface area contributed by atoms with Gasteiger partial charge in [0.05, 0.1) is 30.3 Å². The highest BCUT2D eigenvalue weighted by Gasteiger charge is 2.35. The van der Waals surface area contributed by atoms with Crippen molar-refractivity contribution in [1.82, 2.24) is 4.90 Å². The van der Waals surface area contributed by atoms with Gasteiger partial charge in [0.25, 0.3) is 0 Å². The molecule has 5 heteroatoms. The third kappa shape index (κ3) is 5.80. The average Bonchev–Trinajstić information content (AvgIpc) is 2.15. The first kappa shape index (κ1) is 17.4. The van der Waals surface area contributed by atoms with Crippen LogP contribution in [-0.2, 0) is 9.53 Å². The van der Waals surface area contributed by atoms with Crippen molar-refractivity contribution < 1.29 is 19.7 Å². The van der Waals surface area contributed by atoms with Crippen LogP contribution >= 0.6 is 0 Å². The van der Waals surface area contributed by atoms with Crippen LogP contribution < -0.4 is 0 Å². The summed E-state index contributed by atoms with van der Waals surface area (Å²) in [5, 5.41) is 18.3. The number of likely N-dealkylation sites (N-methyl/N-ethyl adjacent to an activating group) is 1. The van der Waals surface area contributed by atoms with E-state index in [-0.39, 0.29) is 12.6 Å². The second-order valence-electron chi connectivity index (χ2n) is 6.24. The average molecular weight is 261 g/mol. The van der Waals surface area contributed by atoms with Crippen molar-refractivity contribution in [3.8, 4) is 0 Å². The Bertz CT molecular complexity index is 274. The topological polar surface area (TPSA) is 70.0 Å². The van der Waals surface area contributed by atoms with Gasteiger partial charge in [0.2, 0.25) is 0 Å². The molecule has 0 heterocycles. The molecule has 0 saturated carbocycles. The zero-order valence-corrected chi connectivity index (χ0v) is 12.4. The molecular weight excluding hydrogens is 234 g/mol. The van der Waals surface area contributed by atoms with E-state index in [0.717, 1.165) is 0 Å². The fraction of sp³-hybridized carbons (Fsp3) is 0.923. The minimum atomic E-state index is -0.828. The normalized spacial score (nSPS) is 14.9. The molecule has 0 aromatic heterocycles. The van der Waals surface area contributed by atoms with Gasteiger partial charge >= 0.3 is 5.97 Å². The Balaban J connectivity index is 4.44. The zero-order valence-electron chi connectivity index (χ0n) is 12.4. The molecule has 0 bridgehead atoms. The van der Waals surface area contributed by atoms with Gasteiger partial charge in [-0.25, -0.2) is 0 Å². The lowest BCUT2D eigenvalue weighted by Crippen LogP contribution is -2.41. The predicted octanol–water partition coefficient (Wildman–Crippen LogP) is 1.20. The molecule has 0 aliphatic rings. The minimum absolute atomic E-state index is 0.0192. The molecule has 2 N–H and O–H groups in total. The molecule has 0 spiro atoms. The third-order valence-corrected chi connectivity index (χ3v) is 3.05. The van der Waals surface area contributed by atoms with Crippen molar-refractivity contribution in [2.24, 2.45) is 5.41 Å². The molecule has 1 unspecified atom stereocenters. The fourth-order valence-corrected chi connectivity index (χ4v) is 1.88. The lowest BCUT2D eigenvalue weighted by atomic mass is 9.82. The Morgan fingerprint density at radius 1 is 1.28 bits per heavy atom. The molecule has 1 atom stereocenters. The fourth-order valence-electron chi connectivity index (χ4n) is 1.88. The summed E-state index contributed by atoms with van der Waals surface area (Å²) in [6, 6.07) is -0.0720. The maximum atomic E-state index is 11.1. The second kappa shape index (κ2) is 6.50. The number of aliphatic hydroxyl groups is 1. The monoisotopic (exact) mass is 261 g/mol. The van der Waals surface area contributed by atoms with Gasteiger partial charge in [-0.2, -0.15) is 0 Å². The highest BCUT2D eigenvalue weighted by atomic mass is 16.5. The first-order valence-electron chi connectivity index (χ1n) is 6.16. The van der Waals surface area contributed by atoms with Crippen LogP contribution in [0.2, 0.25) is 0 Å². The van der Waals surface area contributed by atoms with E-state index in [9.17, 15) is 9.90 Å². The van der Waals surface area contributed by atoms with Gasteiger partial charge < -0.3 is 19.8 Å². The van der Waals surface area contributed by atoms with Gasteiger partial charge in [0, 0.05) is 0 Å². The van der Waals surface area contributed by atoms with Crippen LogP contribution in [-0.4, -0.2) is 60.0 Å². The van der Waals surface area contributed by atoms with Gasteiger partial charge in [-0.1, -0.05) is 0 Å². The van der Waals surface area contributed by atoms with Crippen LogP contribution in [0.1, 0.15) is 34.1 Å². The standard InChI is InChI=1S/C13H27NO4/c1-12(2,11(16)17)9-13(3,4)18-8-10(7-15)14(5)6/h10,15H,7-9H2,1-6H3,(H,16,17). The van der Waals surface area contributed by atoms with Crippen LogP contribution in [0.4, 0.5) is 0 Å². The lowest BCUT2D eigenvalue weighted by Gasteiger charge is -2.34. The molecule has 5 nitrogen and oxygen atoms in total. The van der Waals surface area contributed by atoms with Crippen LogP contribution in [0.15, 0.2) is 0 Å². The summed E-state index contributed by atoms with van der Waals surface area (Å²) < 4.78 is 5.76. The van der Waals surface area contributed by atoms with Gasteiger partial charge in [-0.05, 0) is 48.2 Å². The molecule has 0 saturated heterocycles. The van der Waals surface area contributed by atoms with Crippen molar-refractivity contribution >= 4 is 5.97 Å². The highest BCUT2D eigenvalue weighted by molar-refractivity contribution is 5.73. The van der Waals surface area contributed by atoms with Gasteiger partial charge in [0.15, 0.2) is 0 Å².